The molecule has 0 radical (unpaired) electrons. The van der Waals surface area contributed by atoms with Gasteiger partial charge in [-0.15, -0.1) is 10.2 Å². The Balaban J connectivity index is 1.61. The first-order valence-corrected chi connectivity index (χ1v) is 14.3. The normalized spacial score (nSPS) is 13.9. The molecule has 0 atom stereocenters. The largest absolute Gasteiger partial charge is 0.367 e. The van der Waals surface area contributed by atoms with Crippen molar-refractivity contribution in [2.45, 2.75) is 65.3 Å². The number of amides is 1. The van der Waals surface area contributed by atoms with Crippen LogP contribution < -0.4 is 10.2 Å². The number of aryl methyl sites for hydroxylation is 1. The second kappa shape index (κ2) is 12.6. The Morgan fingerprint density at radius 2 is 1.76 bits per heavy atom. The standard InChI is InChI=1S/C32H36F2N6O/c1-20(2)19-40(24-7-5-4-6-8-24)30-18-28(34)27(26-16-23(33)13-14-25(26)32-36-38-39-37-32)17-29(30)35-31(41)15-22-11-9-21(3)10-12-22/h9-14,16-18,20,24H,4-8,15,19H2,1-3H3,(H,35,41)(H,36,37,38,39). The van der Waals surface area contributed by atoms with E-state index in [4.69, 9.17) is 0 Å². The third-order valence-electron chi connectivity index (χ3n) is 7.59. The van der Waals surface area contributed by atoms with Gasteiger partial charge in [0.1, 0.15) is 11.6 Å². The number of carbonyl (C=O) groups excluding carboxylic acids is 1. The number of carbonyl (C=O) groups is 1. The van der Waals surface area contributed by atoms with Crippen LogP contribution in [0.2, 0.25) is 0 Å². The van der Waals surface area contributed by atoms with Crippen molar-refractivity contribution in [2.75, 3.05) is 16.8 Å². The number of aromatic amines is 1. The van der Waals surface area contributed by atoms with E-state index >= 15 is 4.39 Å². The number of nitrogens with zero attached hydrogens (tertiary/aromatic N) is 4. The molecular formula is C32H36F2N6O. The smallest absolute Gasteiger partial charge is 0.228 e. The van der Waals surface area contributed by atoms with Crippen LogP contribution in [0, 0.1) is 24.5 Å². The van der Waals surface area contributed by atoms with Crippen LogP contribution in [0.15, 0.2) is 54.6 Å². The minimum absolute atomic E-state index is 0.145. The van der Waals surface area contributed by atoms with E-state index < -0.39 is 11.6 Å². The molecule has 1 aliphatic carbocycles. The number of rotatable bonds is 9. The van der Waals surface area contributed by atoms with Crippen molar-refractivity contribution in [3.8, 4) is 22.5 Å². The van der Waals surface area contributed by atoms with Gasteiger partial charge >= 0.3 is 0 Å². The molecule has 0 aliphatic heterocycles. The molecule has 9 heteroatoms. The van der Waals surface area contributed by atoms with Crippen LogP contribution in [0.25, 0.3) is 22.5 Å². The Labute approximate surface area is 239 Å². The van der Waals surface area contributed by atoms with E-state index in [-0.39, 0.29) is 35.3 Å². The number of tetrazole rings is 1. The zero-order valence-electron chi connectivity index (χ0n) is 23.8. The first-order valence-electron chi connectivity index (χ1n) is 14.3. The fourth-order valence-electron chi connectivity index (χ4n) is 5.63. The number of H-pyrrole nitrogens is 1. The molecule has 0 saturated heterocycles. The topological polar surface area (TPSA) is 86.8 Å². The Kier molecular flexibility index (Phi) is 8.71. The SMILES string of the molecule is Cc1ccc(CC(=O)Nc2cc(-c3cc(F)ccc3-c3nn[nH]n3)c(F)cc2N(CC(C)C)C2CCCCC2)cc1. The van der Waals surface area contributed by atoms with Gasteiger partial charge < -0.3 is 10.2 Å². The van der Waals surface area contributed by atoms with Crippen LogP contribution in [-0.2, 0) is 11.2 Å². The first-order chi connectivity index (χ1) is 19.8. The zero-order chi connectivity index (χ0) is 28.9. The van der Waals surface area contributed by atoms with Crippen LogP contribution >= 0.6 is 0 Å². The van der Waals surface area contributed by atoms with E-state index in [1.54, 1.807) is 6.07 Å². The summed E-state index contributed by atoms with van der Waals surface area (Å²) in [7, 11) is 0. The van der Waals surface area contributed by atoms with Gasteiger partial charge in [0.25, 0.3) is 0 Å². The van der Waals surface area contributed by atoms with Crippen LogP contribution in [-0.4, -0.2) is 39.1 Å². The maximum atomic E-state index is 16.1. The lowest BCUT2D eigenvalue weighted by Crippen LogP contribution is -2.40. The third-order valence-corrected chi connectivity index (χ3v) is 7.59. The second-order valence-electron chi connectivity index (χ2n) is 11.3. The summed E-state index contributed by atoms with van der Waals surface area (Å²) in [5, 5.41) is 17.1. The average molecular weight is 559 g/mol. The summed E-state index contributed by atoms with van der Waals surface area (Å²) in [4.78, 5) is 15.6. The van der Waals surface area contributed by atoms with Crippen LogP contribution in [0.4, 0.5) is 20.2 Å². The fourth-order valence-corrected chi connectivity index (χ4v) is 5.63. The van der Waals surface area contributed by atoms with Gasteiger partial charge in [-0.05, 0) is 72.4 Å². The van der Waals surface area contributed by atoms with Crippen molar-refractivity contribution in [1.82, 2.24) is 20.6 Å². The van der Waals surface area contributed by atoms with E-state index in [1.807, 2.05) is 31.2 Å². The number of benzene rings is 3. The van der Waals surface area contributed by atoms with Gasteiger partial charge in [0.05, 0.1) is 17.8 Å². The summed E-state index contributed by atoms with van der Waals surface area (Å²) in [6, 6.07) is 15.2. The molecule has 0 spiro atoms. The molecule has 7 nitrogen and oxygen atoms in total. The van der Waals surface area contributed by atoms with Gasteiger partial charge in [0.2, 0.25) is 11.7 Å². The minimum atomic E-state index is -0.524. The molecule has 3 aromatic carbocycles. The molecule has 4 aromatic rings. The number of halogens is 2. The lowest BCUT2D eigenvalue weighted by molar-refractivity contribution is -0.115. The molecule has 1 amide bonds. The summed E-state index contributed by atoms with van der Waals surface area (Å²) < 4.78 is 30.6. The predicted molar refractivity (Wildman–Crippen MR) is 158 cm³/mol. The first kappa shape index (κ1) is 28.4. The Hall–Kier alpha value is -4.14. The van der Waals surface area contributed by atoms with Gasteiger partial charge in [0.15, 0.2) is 0 Å². The quantitative estimate of drug-likeness (QED) is 0.229. The number of hydrogen-bond acceptors (Lipinski definition) is 5. The molecule has 1 saturated carbocycles. The van der Waals surface area contributed by atoms with E-state index in [2.05, 4.69) is 44.7 Å². The third kappa shape index (κ3) is 6.78. The van der Waals surface area contributed by atoms with Crippen LogP contribution in [0.1, 0.15) is 57.1 Å². The van der Waals surface area contributed by atoms with E-state index in [9.17, 15) is 9.18 Å². The second-order valence-corrected chi connectivity index (χ2v) is 11.3. The molecule has 0 unspecified atom stereocenters. The van der Waals surface area contributed by atoms with Gasteiger partial charge in [-0.2, -0.15) is 5.21 Å². The highest BCUT2D eigenvalue weighted by atomic mass is 19.1. The molecule has 41 heavy (non-hydrogen) atoms. The molecule has 1 fully saturated rings. The van der Waals surface area contributed by atoms with Crippen molar-refractivity contribution in [3.63, 3.8) is 0 Å². The molecule has 214 valence electrons. The number of hydrogen-bond donors (Lipinski definition) is 2. The monoisotopic (exact) mass is 558 g/mol. The summed E-state index contributed by atoms with van der Waals surface area (Å²) >= 11 is 0. The van der Waals surface area contributed by atoms with Crippen molar-refractivity contribution < 1.29 is 13.6 Å². The molecule has 1 aliphatic rings. The predicted octanol–water partition coefficient (Wildman–Crippen LogP) is 7.10. The minimum Gasteiger partial charge on any atom is -0.367 e. The van der Waals surface area contributed by atoms with Gasteiger partial charge in [-0.1, -0.05) is 62.9 Å². The highest BCUT2D eigenvalue weighted by Gasteiger charge is 2.27. The number of anilines is 2. The van der Waals surface area contributed by atoms with Crippen LogP contribution in [0.5, 0.6) is 0 Å². The molecular weight excluding hydrogens is 522 g/mol. The average Bonchev–Trinajstić information content (AvgIpc) is 3.49. The van der Waals surface area contributed by atoms with Crippen LogP contribution in [0.3, 0.4) is 0 Å². The highest BCUT2D eigenvalue weighted by Crippen LogP contribution is 2.40. The van der Waals surface area contributed by atoms with Crippen molar-refractivity contribution in [3.05, 3.63) is 77.4 Å². The molecule has 1 heterocycles. The highest BCUT2D eigenvalue weighted by molar-refractivity contribution is 5.97. The van der Waals surface area contributed by atoms with E-state index in [1.165, 1.54) is 30.7 Å². The zero-order valence-corrected chi connectivity index (χ0v) is 23.8. The van der Waals surface area contributed by atoms with E-state index in [0.717, 1.165) is 43.4 Å². The number of nitrogens with one attached hydrogen (secondary N) is 2. The Morgan fingerprint density at radius 1 is 1.00 bits per heavy atom. The van der Waals surface area contributed by atoms with Gasteiger partial charge in [-0.3, -0.25) is 4.79 Å². The Morgan fingerprint density at radius 3 is 2.44 bits per heavy atom. The summed E-state index contributed by atoms with van der Waals surface area (Å²) in [5.74, 6) is -0.708. The van der Waals surface area contributed by atoms with Gasteiger partial charge in [-0.25, -0.2) is 8.78 Å². The summed E-state index contributed by atoms with van der Waals surface area (Å²) in [6.45, 7) is 7.00. The summed E-state index contributed by atoms with van der Waals surface area (Å²) in [5.41, 5.74) is 3.98. The number of aromatic nitrogens is 4. The molecule has 0 bridgehead atoms. The molecule has 2 N–H and O–H groups in total. The Bertz CT molecular complexity index is 1480. The van der Waals surface area contributed by atoms with E-state index in [0.29, 0.717) is 22.9 Å². The lowest BCUT2D eigenvalue weighted by Gasteiger charge is -2.38. The van der Waals surface area contributed by atoms with Crippen molar-refractivity contribution in [1.29, 1.82) is 0 Å². The maximum absolute atomic E-state index is 16.1. The van der Waals surface area contributed by atoms with Crippen molar-refractivity contribution in [2.24, 2.45) is 5.92 Å². The lowest BCUT2D eigenvalue weighted by atomic mass is 9.92. The molecule has 5 rings (SSSR count). The maximum Gasteiger partial charge on any atom is 0.228 e. The molecule has 1 aromatic heterocycles. The summed E-state index contributed by atoms with van der Waals surface area (Å²) in [6.07, 6.45) is 5.63. The fraction of sp³-hybridized carbons (Fsp3) is 0.375. The van der Waals surface area contributed by atoms with Gasteiger partial charge in [0, 0.05) is 23.7 Å². The van der Waals surface area contributed by atoms with Crippen molar-refractivity contribution >= 4 is 17.3 Å².